The fourth-order valence-electron chi connectivity index (χ4n) is 0.625. The number of carboxylic acid groups (broad SMARTS) is 1. The van der Waals surface area contributed by atoms with Crippen molar-refractivity contribution in [3.05, 3.63) is 61.2 Å². The third-order valence-corrected chi connectivity index (χ3v) is 1.13. The van der Waals surface area contributed by atoms with Crippen molar-refractivity contribution in [1.29, 1.82) is 0 Å². The zero-order chi connectivity index (χ0) is 12.1. The molecule has 2 aromatic heterocycles. The molecule has 2 rings (SSSR count). The second-order valence-corrected chi connectivity index (χ2v) is 2.57. The normalized spacial score (nSPS) is 7.12. The Labute approximate surface area is 114 Å². The third-order valence-electron chi connectivity index (χ3n) is 1.13. The van der Waals surface area contributed by atoms with Crippen LogP contribution in [0.5, 0.6) is 0 Å². The number of aromatic nitrogens is 2. The van der Waals surface area contributed by atoms with E-state index < -0.39 is 5.97 Å². The Kier molecular flexibility index (Phi) is 15.1. The fourth-order valence-corrected chi connectivity index (χ4v) is 0.625. The van der Waals surface area contributed by atoms with Crippen molar-refractivity contribution in [3.63, 3.8) is 0 Å². The van der Waals surface area contributed by atoms with Gasteiger partial charge in [0.05, 0.1) is 0 Å². The van der Waals surface area contributed by atoms with Gasteiger partial charge in [0.25, 0.3) is 5.97 Å². The molecule has 4 nitrogen and oxygen atoms in total. The average Bonchev–Trinajstić information content (AvgIpc) is 2.34. The first-order valence-electron chi connectivity index (χ1n) is 4.63. The van der Waals surface area contributed by atoms with Crippen LogP contribution in [0.4, 0.5) is 0 Å². The smallest absolute Gasteiger partial charge is 0.300 e. The summed E-state index contributed by atoms with van der Waals surface area (Å²) in [7, 11) is 0. The number of pyridine rings is 2. The van der Waals surface area contributed by atoms with Crippen molar-refractivity contribution >= 4 is 5.97 Å². The number of carbonyl (C=O) groups is 1. The Balaban J connectivity index is 0. The van der Waals surface area contributed by atoms with Gasteiger partial charge in [-0.2, -0.15) is 0 Å². The predicted octanol–water partition coefficient (Wildman–Crippen LogP) is 2.25. The van der Waals surface area contributed by atoms with Gasteiger partial charge in [-0.05, 0) is 24.3 Å². The van der Waals surface area contributed by atoms with Crippen LogP contribution in [0.1, 0.15) is 6.92 Å². The molecular weight excluding hydrogens is 270 g/mol. The molecule has 1 N–H and O–H groups in total. The van der Waals surface area contributed by atoms with Crippen molar-refractivity contribution in [2.24, 2.45) is 0 Å². The van der Waals surface area contributed by atoms with E-state index in [-0.39, 0.29) is 19.5 Å². The van der Waals surface area contributed by atoms with E-state index in [0.29, 0.717) is 0 Å². The van der Waals surface area contributed by atoms with E-state index in [4.69, 9.17) is 9.90 Å². The van der Waals surface area contributed by atoms with Gasteiger partial charge in [-0.25, -0.2) is 0 Å². The van der Waals surface area contributed by atoms with Crippen molar-refractivity contribution in [1.82, 2.24) is 9.97 Å². The SMILES string of the molecule is CC(=O)O.[Zn].c1ccncc1.c1ccncc1. The summed E-state index contributed by atoms with van der Waals surface area (Å²) >= 11 is 0. The second-order valence-electron chi connectivity index (χ2n) is 2.57. The number of hydrogen-bond acceptors (Lipinski definition) is 3. The minimum absolute atomic E-state index is 0. The van der Waals surface area contributed by atoms with E-state index in [2.05, 4.69) is 9.97 Å². The summed E-state index contributed by atoms with van der Waals surface area (Å²) in [4.78, 5) is 16.6. The van der Waals surface area contributed by atoms with Gasteiger partial charge in [-0.1, -0.05) is 12.1 Å². The molecule has 2 aromatic rings. The maximum atomic E-state index is 9.00. The van der Waals surface area contributed by atoms with Gasteiger partial charge in [-0.3, -0.25) is 14.8 Å². The Bertz CT molecular complexity index is 268. The van der Waals surface area contributed by atoms with Crippen LogP contribution in [0.2, 0.25) is 0 Å². The molecule has 5 heteroatoms. The monoisotopic (exact) mass is 282 g/mol. The number of hydrogen-bond donors (Lipinski definition) is 1. The summed E-state index contributed by atoms with van der Waals surface area (Å²) in [5.74, 6) is -0.833. The van der Waals surface area contributed by atoms with Crippen molar-refractivity contribution < 1.29 is 29.4 Å². The van der Waals surface area contributed by atoms with Crippen LogP contribution in [-0.2, 0) is 24.3 Å². The summed E-state index contributed by atoms with van der Waals surface area (Å²) in [5, 5.41) is 7.42. The minimum atomic E-state index is -0.833. The summed E-state index contributed by atoms with van der Waals surface area (Å²) in [6.45, 7) is 1.08. The number of rotatable bonds is 0. The molecule has 0 radical (unpaired) electrons. The zero-order valence-electron chi connectivity index (χ0n) is 9.73. The zero-order valence-corrected chi connectivity index (χ0v) is 12.7. The second kappa shape index (κ2) is 14.4. The van der Waals surface area contributed by atoms with E-state index in [1.165, 1.54) is 0 Å². The predicted molar refractivity (Wildman–Crippen MR) is 61.8 cm³/mol. The maximum absolute atomic E-state index is 9.00. The van der Waals surface area contributed by atoms with Crippen LogP contribution in [0, 0.1) is 0 Å². The third kappa shape index (κ3) is 20.5. The number of nitrogens with zero attached hydrogens (tertiary/aromatic N) is 2. The van der Waals surface area contributed by atoms with Crippen LogP contribution in [-0.4, -0.2) is 21.0 Å². The molecule has 0 unspecified atom stereocenters. The van der Waals surface area contributed by atoms with Crippen molar-refractivity contribution in [2.75, 3.05) is 0 Å². The molecule has 0 spiro atoms. The molecule has 0 amide bonds. The van der Waals surface area contributed by atoms with Crippen molar-refractivity contribution in [3.8, 4) is 0 Å². The molecule has 0 saturated heterocycles. The molecule has 0 aliphatic rings. The first kappa shape index (κ1) is 17.8. The quantitative estimate of drug-likeness (QED) is 0.753. The summed E-state index contributed by atoms with van der Waals surface area (Å²) in [6, 6.07) is 11.4. The molecule has 0 aliphatic carbocycles. The van der Waals surface area contributed by atoms with E-state index in [1.807, 2.05) is 36.4 Å². The first-order chi connectivity index (χ1) is 7.73. The summed E-state index contributed by atoms with van der Waals surface area (Å²) in [6.07, 6.45) is 7.00. The topological polar surface area (TPSA) is 63.1 Å². The molecule has 0 fully saturated rings. The van der Waals surface area contributed by atoms with Gasteiger partial charge in [0.15, 0.2) is 0 Å². The Morgan fingerprint density at radius 2 is 1.06 bits per heavy atom. The van der Waals surface area contributed by atoms with Gasteiger partial charge in [-0.15, -0.1) is 0 Å². The van der Waals surface area contributed by atoms with Gasteiger partial charge < -0.3 is 5.11 Å². The van der Waals surface area contributed by atoms with Gasteiger partial charge in [0, 0.05) is 51.2 Å². The van der Waals surface area contributed by atoms with Gasteiger partial charge in [0.1, 0.15) is 0 Å². The fraction of sp³-hybridized carbons (Fsp3) is 0.0833. The number of carboxylic acids is 1. The Morgan fingerprint density at radius 3 is 1.12 bits per heavy atom. The largest absolute Gasteiger partial charge is 0.481 e. The minimum Gasteiger partial charge on any atom is -0.481 e. The summed E-state index contributed by atoms with van der Waals surface area (Å²) < 4.78 is 0. The molecule has 0 saturated carbocycles. The maximum Gasteiger partial charge on any atom is 0.300 e. The Hall–Kier alpha value is -1.61. The average molecular weight is 284 g/mol. The van der Waals surface area contributed by atoms with Crippen LogP contribution >= 0.6 is 0 Å². The molecule has 2 heterocycles. The standard InChI is InChI=1S/2C5H5N.C2H4O2.Zn/c2*1-2-4-6-5-3-1;1-2(3)4;/h2*1-5H;1H3,(H,3,4);. The Morgan fingerprint density at radius 1 is 0.824 bits per heavy atom. The van der Waals surface area contributed by atoms with E-state index in [9.17, 15) is 0 Å². The van der Waals surface area contributed by atoms with Gasteiger partial charge in [0.2, 0.25) is 0 Å². The van der Waals surface area contributed by atoms with E-state index in [0.717, 1.165) is 6.92 Å². The molecule has 0 aromatic carbocycles. The van der Waals surface area contributed by atoms with E-state index >= 15 is 0 Å². The molecule has 0 aliphatic heterocycles. The molecule has 17 heavy (non-hydrogen) atoms. The van der Waals surface area contributed by atoms with Crippen LogP contribution < -0.4 is 0 Å². The number of aliphatic carboxylic acids is 1. The van der Waals surface area contributed by atoms with Crippen LogP contribution in [0.15, 0.2) is 61.2 Å². The first-order valence-corrected chi connectivity index (χ1v) is 4.63. The van der Waals surface area contributed by atoms with Crippen LogP contribution in [0.25, 0.3) is 0 Å². The van der Waals surface area contributed by atoms with E-state index in [1.54, 1.807) is 24.8 Å². The molecule has 86 valence electrons. The van der Waals surface area contributed by atoms with Crippen LogP contribution in [0.3, 0.4) is 0 Å². The molecule has 0 bridgehead atoms. The van der Waals surface area contributed by atoms with Gasteiger partial charge >= 0.3 is 0 Å². The molecular formula is C12H14N2O2Zn. The molecule has 0 atom stereocenters. The summed E-state index contributed by atoms with van der Waals surface area (Å²) in [5.41, 5.74) is 0. The van der Waals surface area contributed by atoms with Crippen molar-refractivity contribution in [2.45, 2.75) is 6.92 Å².